The van der Waals surface area contributed by atoms with Crippen LogP contribution in [0, 0.1) is 12.3 Å². The molecule has 148 valence electrons. The van der Waals surface area contributed by atoms with E-state index in [0.29, 0.717) is 12.8 Å². The van der Waals surface area contributed by atoms with Crippen molar-refractivity contribution in [2.75, 3.05) is 6.61 Å². The van der Waals surface area contributed by atoms with Crippen LogP contribution >= 0.6 is 0 Å². The molecule has 8 heteroatoms. The maximum absolute atomic E-state index is 12.8. The van der Waals surface area contributed by atoms with Crippen molar-refractivity contribution in [3.8, 4) is 0 Å². The van der Waals surface area contributed by atoms with Gasteiger partial charge in [0, 0.05) is 6.42 Å². The van der Waals surface area contributed by atoms with Crippen LogP contribution in [0.4, 0.5) is 0 Å². The number of benzene rings is 1. The SMILES string of the molecule is CCOC(=O)C(NS(=O)(=O)c1ccc(C)cc1)C1(C(C)=O)CCCCC1=O. The Hall–Kier alpha value is -2.06. The third-order valence-electron chi connectivity index (χ3n) is 4.97. The molecule has 1 aromatic carbocycles. The van der Waals surface area contributed by atoms with E-state index in [1.165, 1.54) is 19.1 Å². The number of esters is 1. The van der Waals surface area contributed by atoms with E-state index in [-0.39, 0.29) is 24.3 Å². The monoisotopic (exact) mass is 395 g/mol. The Morgan fingerprint density at radius 2 is 1.85 bits per heavy atom. The van der Waals surface area contributed by atoms with Crippen LogP contribution in [-0.2, 0) is 29.1 Å². The minimum absolute atomic E-state index is 0.00374. The van der Waals surface area contributed by atoms with E-state index < -0.39 is 39.0 Å². The van der Waals surface area contributed by atoms with Crippen LogP contribution in [0.15, 0.2) is 29.2 Å². The summed E-state index contributed by atoms with van der Waals surface area (Å²) >= 11 is 0. The minimum atomic E-state index is -4.14. The third-order valence-corrected chi connectivity index (χ3v) is 6.41. The Labute approximate surface area is 159 Å². The van der Waals surface area contributed by atoms with Crippen LogP contribution < -0.4 is 4.72 Å². The van der Waals surface area contributed by atoms with Gasteiger partial charge in [0.1, 0.15) is 23.0 Å². The van der Waals surface area contributed by atoms with Crippen molar-refractivity contribution < 1.29 is 27.5 Å². The number of sulfonamides is 1. The van der Waals surface area contributed by atoms with Gasteiger partial charge < -0.3 is 4.74 Å². The standard InChI is InChI=1S/C19H25NO6S/c1-4-26-18(23)17(19(14(3)21)12-6-5-7-16(19)22)20-27(24,25)15-10-8-13(2)9-11-15/h8-11,17,20H,4-7,12H2,1-3H3. The van der Waals surface area contributed by atoms with E-state index >= 15 is 0 Å². The lowest BCUT2D eigenvalue weighted by atomic mass is 9.66. The highest BCUT2D eigenvalue weighted by atomic mass is 32.2. The molecule has 0 amide bonds. The summed E-state index contributed by atoms with van der Waals surface area (Å²) in [5.74, 6) is -1.87. The Balaban J connectivity index is 2.51. The Bertz CT molecular complexity index is 830. The van der Waals surface area contributed by atoms with Gasteiger partial charge in [-0.3, -0.25) is 14.4 Å². The molecule has 1 aliphatic rings. The highest BCUT2D eigenvalue weighted by Crippen LogP contribution is 2.38. The molecule has 1 aromatic rings. The first-order valence-corrected chi connectivity index (χ1v) is 10.4. The number of hydrogen-bond donors (Lipinski definition) is 1. The molecule has 2 unspecified atom stereocenters. The van der Waals surface area contributed by atoms with Crippen molar-refractivity contribution in [2.45, 2.75) is 57.4 Å². The topological polar surface area (TPSA) is 107 Å². The van der Waals surface area contributed by atoms with E-state index in [2.05, 4.69) is 4.72 Å². The zero-order valence-electron chi connectivity index (χ0n) is 15.8. The first-order chi connectivity index (χ1) is 12.6. The van der Waals surface area contributed by atoms with Gasteiger partial charge in [0.15, 0.2) is 0 Å². The summed E-state index contributed by atoms with van der Waals surface area (Å²) in [6, 6.07) is 4.47. The Morgan fingerprint density at radius 1 is 1.22 bits per heavy atom. The highest BCUT2D eigenvalue weighted by molar-refractivity contribution is 7.89. The van der Waals surface area contributed by atoms with Gasteiger partial charge in [0.25, 0.3) is 0 Å². The number of carbonyl (C=O) groups is 3. The lowest BCUT2D eigenvalue weighted by Gasteiger charge is -2.38. The molecule has 0 saturated heterocycles. The van der Waals surface area contributed by atoms with E-state index in [1.54, 1.807) is 19.1 Å². The Morgan fingerprint density at radius 3 is 2.37 bits per heavy atom. The second-order valence-electron chi connectivity index (χ2n) is 6.78. The molecule has 7 nitrogen and oxygen atoms in total. The second-order valence-corrected chi connectivity index (χ2v) is 8.49. The highest BCUT2D eigenvalue weighted by Gasteiger charge is 2.55. The number of carbonyl (C=O) groups excluding carboxylic acids is 3. The smallest absolute Gasteiger partial charge is 0.325 e. The molecule has 1 fully saturated rings. The maximum Gasteiger partial charge on any atom is 0.325 e. The molecule has 1 aliphatic carbocycles. The molecular weight excluding hydrogens is 370 g/mol. The van der Waals surface area contributed by atoms with Crippen LogP contribution in [0.3, 0.4) is 0 Å². The lowest BCUT2D eigenvalue weighted by Crippen LogP contribution is -2.60. The van der Waals surface area contributed by atoms with Crippen LogP contribution in [0.25, 0.3) is 0 Å². The molecule has 0 spiro atoms. The molecule has 0 heterocycles. The average molecular weight is 395 g/mol. The summed E-state index contributed by atoms with van der Waals surface area (Å²) in [4.78, 5) is 37.8. The van der Waals surface area contributed by atoms with E-state index in [4.69, 9.17) is 4.74 Å². The third kappa shape index (κ3) is 4.27. The van der Waals surface area contributed by atoms with Crippen molar-refractivity contribution in [3.05, 3.63) is 29.8 Å². The zero-order valence-corrected chi connectivity index (χ0v) is 16.6. The van der Waals surface area contributed by atoms with Gasteiger partial charge in [-0.15, -0.1) is 0 Å². The van der Waals surface area contributed by atoms with E-state index in [0.717, 1.165) is 5.56 Å². The van der Waals surface area contributed by atoms with Crippen LogP contribution in [0.5, 0.6) is 0 Å². The fraction of sp³-hybridized carbons (Fsp3) is 0.526. The summed E-state index contributed by atoms with van der Waals surface area (Å²) in [7, 11) is -4.14. The molecule has 27 heavy (non-hydrogen) atoms. The van der Waals surface area contributed by atoms with Crippen LogP contribution in [0.2, 0.25) is 0 Å². The first kappa shape index (κ1) is 21.2. The van der Waals surface area contributed by atoms with Crippen molar-refractivity contribution >= 4 is 27.6 Å². The second kappa shape index (κ2) is 8.31. The zero-order chi connectivity index (χ0) is 20.2. The molecule has 0 radical (unpaired) electrons. The van der Waals surface area contributed by atoms with Crippen LogP contribution in [0.1, 0.15) is 45.1 Å². The fourth-order valence-electron chi connectivity index (χ4n) is 3.45. The van der Waals surface area contributed by atoms with Crippen molar-refractivity contribution in [3.63, 3.8) is 0 Å². The summed E-state index contributed by atoms with van der Waals surface area (Å²) < 4.78 is 33.0. The lowest BCUT2D eigenvalue weighted by molar-refractivity contribution is -0.158. The van der Waals surface area contributed by atoms with Gasteiger partial charge in [-0.1, -0.05) is 24.1 Å². The molecule has 0 aromatic heterocycles. The van der Waals surface area contributed by atoms with Gasteiger partial charge in [-0.2, -0.15) is 4.72 Å². The maximum atomic E-state index is 12.8. The van der Waals surface area contributed by atoms with Gasteiger partial charge in [0.05, 0.1) is 11.5 Å². The molecule has 2 atom stereocenters. The largest absolute Gasteiger partial charge is 0.465 e. The summed E-state index contributed by atoms with van der Waals surface area (Å²) in [6.45, 7) is 4.61. The molecule has 0 aliphatic heterocycles. The Kier molecular flexibility index (Phi) is 6.54. The number of ketones is 2. The molecular formula is C19H25NO6S. The quantitative estimate of drug-likeness (QED) is 0.558. The number of rotatable bonds is 7. The van der Waals surface area contributed by atoms with Crippen molar-refractivity contribution in [2.24, 2.45) is 5.41 Å². The van der Waals surface area contributed by atoms with Crippen LogP contribution in [-0.4, -0.2) is 38.6 Å². The molecule has 2 rings (SSSR count). The minimum Gasteiger partial charge on any atom is -0.465 e. The molecule has 0 bridgehead atoms. The van der Waals surface area contributed by atoms with Gasteiger partial charge >= 0.3 is 5.97 Å². The molecule has 1 saturated carbocycles. The van der Waals surface area contributed by atoms with Gasteiger partial charge in [0.2, 0.25) is 10.0 Å². The number of Topliss-reactive ketones (excluding diaryl/α,β-unsaturated/α-hetero) is 2. The normalized spacial score (nSPS) is 21.5. The summed E-state index contributed by atoms with van der Waals surface area (Å²) in [6.07, 6.45) is 1.39. The van der Waals surface area contributed by atoms with Gasteiger partial charge in [-0.05, 0) is 45.7 Å². The summed E-state index contributed by atoms with van der Waals surface area (Å²) in [5, 5.41) is 0. The first-order valence-electron chi connectivity index (χ1n) is 8.95. The van der Waals surface area contributed by atoms with E-state index in [1.807, 2.05) is 6.92 Å². The van der Waals surface area contributed by atoms with Crippen molar-refractivity contribution in [1.29, 1.82) is 0 Å². The summed E-state index contributed by atoms with van der Waals surface area (Å²) in [5.41, 5.74) is -0.860. The predicted molar refractivity (Wildman–Crippen MR) is 98.5 cm³/mol. The predicted octanol–water partition coefficient (Wildman–Crippen LogP) is 1.92. The average Bonchev–Trinajstić information content (AvgIpc) is 2.61. The fourth-order valence-corrected chi connectivity index (χ4v) is 4.69. The van der Waals surface area contributed by atoms with Gasteiger partial charge in [-0.25, -0.2) is 8.42 Å². The van der Waals surface area contributed by atoms with Crippen molar-refractivity contribution in [1.82, 2.24) is 4.72 Å². The van der Waals surface area contributed by atoms with E-state index in [9.17, 15) is 22.8 Å². The number of aryl methyl sites for hydroxylation is 1. The molecule has 1 N–H and O–H groups in total. The number of nitrogens with one attached hydrogen (secondary N) is 1. The number of ether oxygens (including phenoxy) is 1. The number of hydrogen-bond acceptors (Lipinski definition) is 6.